The van der Waals surface area contributed by atoms with E-state index in [1.54, 1.807) is 0 Å². The van der Waals surface area contributed by atoms with Gasteiger partial charge in [-0.15, -0.1) is 0 Å². The van der Waals surface area contributed by atoms with Gasteiger partial charge in [-0.1, -0.05) is 58.6 Å². The Bertz CT molecular complexity index is 639. The number of rotatable bonds is 7. The standard InChI is InChI=1S/C25H40O3/c1-4-5-6-7-12-25(2,3)18-9-11-21(24(28)14-18)23-16-20(27)13-17-8-10-19(26)15-22(17)23/h9,11,14,17,19-20,22-23,26-28H,4-8,10,12-13,15-16H2,1-3H3/t17-,19-,20+,22+,23-/m1/s1. The third-order valence-corrected chi connectivity index (χ3v) is 7.50. The minimum Gasteiger partial charge on any atom is -0.508 e. The Morgan fingerprint density at radius 1 is 0.964 bits per heavy atom. The van der Waals surface area contributed by atoms with Crippen LogP contribution >= 0.6 is 0 Å². The molecule has 3 nitrogen and oxygen atoms in total. The van der Waals surface area contributed by atoms with Gasteiger partial charge in [-0.25, -0.2) is 0 Å². The summed E-state index contributed by atoms with van der Waals surface area (Å²) in [4.78, 5) is 0. The first-order valence-electron chi connectivity index (χ1n) is 11.5. The van der Waals surface area contributed by atoms with Crippen molar-refractivity contribution in [3.63, 3.8) is 0 Å². The number of phenols is 1. The van der Waals surface area contributed by atoms with Crippen molar-refractivity contribution < 1.29 is 15.3 Å². The van der Waals surface area contributed by atoms with E-state index in [4.69, 9.17) is 0 Å². The molecule has 3 rings (SSSR count). The molecule has 0 radical (unpaired) electrons. The van der Waals surface area contributed by atoms with Gasteiger partial charge in [0.25, 0.3) is 0 Å². The van der Waals surface area contributed by atoms with Gasteiger partial charge in [-0.2, -0.15) is 0 Å². The lowest BCUT2D eigenvalue weighted by Gasteiger charge is -2.45. The van der Waals surface area contributed by atoms with Gasteiger partial charge in [0, 0.05) is 0 Å². The van der Waals surface area contributed by atoms with Crippen molar-refractivity contribution in [1.82, 2.24) is 0 Å². The van der Waals surface area contributed by atoms with Gasteiger partial charge in [0.15, 0.2) is 0 Å². The summed E-state index contributed by atoms with van der Waals surface area (Å²) < 4.78 is 0. The summed E-state index contributed by atoms with van der Waals surface area (Å²) in [5.74, 6) is 1.35. The third-order valence-electron chi connectivity index (χ3n) is 7.50. The number of phenolic OH excluding ortho intramolecular Hbond substituents is 1. The van der Waals surface area contributed by atoms with Crippen molar-refractivity contribution >= 4 is 0 Å². The molecule has 0 aliphatic heterocycles. The van der Waals surface area contributed by atoms with Crippen molar-refractivity contribution in [2.75, 3.05) is 0 Å². The minimum absolute atomic E-state index is 0.0550. The monoisotopic (exact) mass is 388 g/mol. The van der Waals surface area contributed by atoms with E-state index >= 15 is 0 Å². The highest BCUT2D eigenvalue weighted by atomic mass is 16.3. The van der Waals surface area contributed by atoms with Crippen LogP contribution in [0.4, 0.5) is 0 Å². The number of aromatic hydroxyl groups is 1. The molecule has 2 aliphatic carbocycles. The Kier molecular flexibility index (Phi) is 7.09. The lowest BCUT2D eigenvalue weighted by molar-refractivity contribution is -0.00864. The van der Waals surface area contributed by atoms with Crippen LogP contribution in [0.25, 0.3) is 0 Å². The van der Waals surface area contributed by atoms with Crippen molar-refractivity contribution in [1.29, 1.82) is 0 Å². The average molecular weight is 389 g/mol. The zero-order chi connectivity index (χ0) is 20.3. The summed E-state index contributed by atoms with van der Waals surface area (Å²) in [6, 6.07) is 6.24. The average Bonchev–Trinajstić information content (AvgIpc) is 2.65. The van der Waals surface area contributed by atoms with Gasteiger partial charge in [0.1, 0.15) is 5.75 Å². The molecule has 1 aromatic rings. The number of hydrogen-bond donors (Lipinski definition) is 3. The largest absolute Gasteiger partial charge is 0.508 e. The van der Waals surface area contributed by atoms with E-state index in [2.05, 4.69) is 32.9 Å². The highest BCUT2D eigenvalue weighted by Gasteiger charge is 2.42. The molecule has 0 spiro atoms. The second-order valence-corrected chi connectivity index (χ2v) is 10.1. The van der Waals surface area contributed by atoms with Gasteiger partial charge >= 0.3 is 0 Å². The molecule has 28 heavy (non-hydrogen) atoms. The van der Waals surface area contributed by atoms with Crippen LogP contribution in [0.1, 0.15) is 102 Å². The van der Waals surface area contributed by atoms with Crippen molar-refractivity contribution in [3.8, 4) is 5.75 Å². The van der Waals surface area contributed by atoms with Gasteiger partial charge < -0.3 is 15.3 Å². The fourth-order valence-corrected chi connectivity index (χ4v) is 5.72. The molecular formula is C25H40O3. The normalized spacial score (nSPS) is 30.8. The zero-order valence-electron chi connectivity index (χ0n) is 18.0. The fourth-order valence-electron chi connectivity index (χ4n) is 5.72. The number of unbranched alkanes of at least 4 members (excludes halogenated alkanes) is 3. The van der Waals surface area contributed by atoms with E-state index in [1.807, 2.05) is 6.07 Å². The molecule has 3 heteroatoms. The molecule has 2 fully saturated rings. The molecule has 5 atom stereocenters. The maximum atomic E-state index is 10.9. The van der Waals surface area contributed by atoms with E-state index in [0.29, 0.717) is 24.0 Å². The first kappa shape index (κ1) is 21.6. The van der Waals surface area contributed by atoms with Crippen LogP contribution in [-0.4, -0.2) is 27.5 Å². The predicted molar refractivity (Wildman–Crippen MR) is 115 cm³/mol. The fraction of sp³-hybridized carbons (Fsp3) is 0.760. The lowest BCUT2D eigenvalue weighted by Crippen LogP contribution is -2.39. The summed E-state index contributed by atoms with van der Waals surface area (Å²) >= 11 is 0. The molecule has 0 aromatic heterocycles. The molecule has 0 bridgehead atoms. The van der Waals surface area contributed by atoms with Crippen LogP contribution in [0.5, 0.6) is 5.75 Å². The highest BCUT2D eigenvalue weighted by Crippen LogP contribution is 2.50. The summed E-state index contributed by atoms with van der Waals surface area (Å²) in [6.45, 7) is 6.77. The third kappa shape index (κ3) is 4.91. The van der Waals surface area contributed by atoms with Gasteiger partial charge in [-0.05, 0) is 78.9 Å². The number of fused-ring (bicyclic) bond motifs is 1. The number of aliphatic hydroxyl groups excluding tert-OH is 2. The molecule has 2 aliphatic rings. The van der Waals surface area contributed by atoms with E-state index in [-0.39, 0.29) is 23.5 Å². The first-order chi connectivity index (χ1) is 13.3. The topological polar surface area (TPSA) is 60.7 Å². The second-order valence-electron chi connectivity index (χ2n) is 10.1. The summed E-state index contributed by atoms with van der Waals surface area (Å²) in [7, 11) is 0. The summed E-state index contributed by atoms with van der Waals surface area (Å²) in [5.41, 5.74) is 2.22. The predicted octanol–water partition coefficient (Wildman–Crippen LogP) is 5.66. The van der Waals surface area contributed by atoms with Crippen molar-refractivity contribution in [2.45, 2.75) is 109 Å². The number of benzene rings is 1. The van der Waals surface area contributed by atoms with Crippen molar-refractivity contribution in [3.05, 3.63) is 29.3 Å². The van der Waals surface area contributed by atoms with Gasteiger partial charge in [0.05, 0.1) is 12.2 Å². The van der Waals surface area contributed by atoms with E-state index in [1.165, 1.54) is 31.2 Å². The smallest absolute Gasteiger partial charge is 0.119 e. The van der Waals surface area contributed by atoms with Gasteiger partial charge in [0.2, 0.25) is 0 Å². The molecule has 0 saturated heterocycles. The molecule has 0 unspecified atom stereocenters. The van der Waals surface area contributed by atoms with Crippen LogP contribution in [0.15, 0.2) is 18.2 Å². The van der Waals surface area contributed by atoms with Crippen molar-refractivity contribution in [2.24, 2.45) is 11.8 Å². The molecule has 3 N–H and O–H groups in total. The Balaban J connectivity index is 1.77. The van der Waals surface area contributed by atoms with Crippen LogP contribution in [0, 0.1) is 11.8 Å². The lowest BCUT2D eigenvalue weighted by atomic mass is 9.62. The minimum atomic E-state index is -0.296. The van der Waals surface area contributed by atoms with Crippen LogP contribution < -0.4 is 0 Å². The van der Waals surface area contributed by atoms with Crippen LogP contribution in [0.2, 0.25) is 0 Å². The van der Waals surface area contributed by atoms with Crippen LogP contribution in [0.3, 0.4) is 0 Å². The molecular weight excluding hydrogens is 348 g/mol. The quantitative estimate of drug-likeness (QED) is 0.529. The number of aliphatic hydroxyl groups is 2. The molecule has 2 saturated carbocycles. The van der Waals surface area contributed by atoms with E-state index in [9.17, 15) is 15.3 Å². The Morgan fingerprint density at radius 3 is 2.46 bits per heavy atom. The highest BCUT2D eigenvalue weighted by molar-refractivity contribution is 5.42. The molecule has 158 valence electrons. The summed E-state index contributed by atoms with van der Waals surface area (Å²) in [6.07, 6.45) is 9.81. The molecule has 1 aromatic carbocycles. The molecule has 0 heterocycles. The Labute approximate surface area is 171 Å². The zero-order valence-corrected chi connectivity index (χ0v) is 18.0. The Hall–Kier alpha value is -1.06. The second kappa shape index (κ2) is 9.17. The maximum Gasteiger partial charge on any atom is 0.119 e. The first-order valence-corrected chi connectivity index (χ1v) is 11.5. The van der Waals surface area contributed by atoms with E-state index in [0.717, 1.165) is 37.7 Å². The maximum absolute atomic E-state index is 10.9. The number of hydrogen-bond acceptors (Lipinski definition) is 3. The summed E-state index contributed by atoms with van der Waals surface area (Å²) in [5, 5.41) is 31.5. The SMILES string of the molecule is CCCCCCC(C)(C)c1ccc([C@H]2C[C@@H](O)C[C@H]3CC[C@@H](O)C[C@@H]32)c(O)c1. The van der Waals surface area contributed by atoms with E-state index < -0.39 is 0 Å². The molecule has 0 amide bonds. The van der Waals surface area contributed by atoms with Crippen LogP contribution in [-0.2, 0) is 5.41 Å². The van der Waals surface area contributed by atoms with Gasteiger partial charge in [-0.3, -0.25) is 0 Å². The Morgan fingerprint density at radius 2 is 1.75 bits per heavy atom.